The van der Waals surface area contributed by atoms with Crippen LogP contribution in [0.15, 0.2) is 6.20 Å². The highest BCUT2D eigenvalue weighted by atomic mass is 16.5. The highest BCUT2D eigenvalue weighted by molar-refractivity contribution is 5.28. The van der Waals surface area contributed by atoms with Gasteiger partial charge in [0, 0.05) is 26.4 Å². The van der Waals surface area contributed by atoms with Crippen molar-refractivity contribution in [2.45, 2.75) is 52.5 Å². The van der Waals surface area contributed by atoms with Gasteiger partial charge >= 0.3 is 0 Å². The van der Waals surface area contributed by atoms with Crippen molar-refractivity contribution in [3.63, 3.8) is 0 Å². The van der Waals surface area contributed by atoms with Crippen LogP contribution in [0.1, 0.15) is 44.7 Å². The monoisotopic (exact) mass is 279 g/mol. The van der Waals surface area contributed by atoms with E-state index < -0.39 is 0 Å². The zero-order chi connectivity index (χ0) is 14.4. The molecule has 1 aliphatic carbocycles. The molecule has 0 amide bonds. The molecule has 0 unspecified atom stereocenters. The van der Waals surface area contributed by atoms with E-state index in [1.165, 1.54) is 32.1 Å². The van der Waals surface area contributed by atoms with Crippen LogP contribution >= 0.6 is 0 Å². The van der Waals surface area contributed by atoms with Crippen LogP contribution in [0.25, 0.3) is 0 Å². The van der Waals surface area contributed by atoms with Gasteiger partial charge in [-0.2, -0.15) is 0 Å². The molecule has 0 spiro atoms. The number of nitrogens with one attached hydrogen (secondary N) is 1. The number of imidazole rings is 1. The molecule has 1 aromatic rings. The fourth-order valence-corrected chi connectivity index (χ4v) is 3.13. The smallest absolute Gasteiger partial charge is 0.203 e. The lowest BCUT2D eigenvalue weighted by Crippen LogP contribution is -2.22. The second-order valence-corrected chi connectivity index (χ2v) is 6.07. The quantitative estimate of drug-likeness (QED) is 0.830. The van der Waals surface area contributed by atoms with E-state index in [1.54, 1.807) is 7.11 Å². The SMILES string of the molecule is CCC1CCC(CNc2nc(C)cn2CCOC)CC1. The van der Waals surface area contributed by atoms with Crippen LogP contribution in [0.2, 0.25) is 0 Å². The normalized spacial score (nSPS) is 22.9. The van der Waals surface area contributed by atoms with E-state index in [4.69, 9.17) is 4.74 Å². The van der Waals surface area contributed by atoms with Gasteiger partial charge in [0.1, 0.15) is 0 Å². The lowest BCUT2D eigenvalue weighted by Gasteiger charge is -2.28. The second kappa shape index (κ2) is 7.67. The average Bonchev–Trinajstić information content (AvgIpc) is 2.83. The van der Waals surface area contributed by atoms with Crippen molar-refractivity contribution in [2.24, 2.45) is 11.8 Å². The maximum Gasteiger partial charge on any atom is 0.203 e. The Bertz CT molecular complexity index is 394. The first-order chi connectivity index (χ1) is 9.72. The molecule has 1 aromatic heterocycles. The fourth-order valence-electron chi connectivity index (χ4n) is 3.13. The third-order valence-electron chi connectivity index (χ3n) is 4.53. The van der Waals surface area contributed by atoms with Crippen molar-refractivity contribution in [3.8, 4) is 0 Å². The van der Waals surface area contributed by atoms with Gasteiger partial charge in [0.15, 0.2) is 0 Å². The summed E-state index contributed by atoms with van der Waals surface area (Å²) in [5.74, 6) is 2.78. The van der Waals surface area contributed by atoms with Crippen molar-refractivity contribution < 1.29 is 4.74 Å². The summed E-state index contributed by atoms with van der Waals surface area (Å²) in [4.78, 5) is 4.58. The summed E-state index contributed by atoms with van der Waals surface area (Å²) in [7, 11) is 1.74. The van der Waals surface area contributed by atoms with E-state index >= 15 is 0 Å². The Morgan fingerprint density at radius 2 is 2.00 bits per heavy atom. The zero-order valence-corrected chi connectivity index (χ0v) is 13.2. The van der Waals surface area contributed by atoms with Crippen LogP contribution in [0.5, 0.6) is 0 Å². The molecule has 1 saturated carbocycles. The number of ether oxygens (including phenoxy) is 1. The first-order valence-electron chi connectivity index (χ1n) is 7.99. The third kappa shape index (κ3) is 4.23. The molecule has 1 heterocycles. The molecule has 0 radical (unpaired) electrons. The zero-order valence-electron chi connectivity index (χ0n) is 13.2. The lowest BCUT2D eigenvalue weighted by molar-refractivity contribution is 0.187. The number of nitrogens with zero attached hydrogens (tertiary/aromatic N) is 2. The highest BCUT2D eigenvalue weighted by Crippen LogP contribution is 2.30. The molecule has 1 fully saturated rings. The van der Waals surface area contributed by atoms with Gasteiger partial charge in [-0.25, -0.2) is 4.98 Å². The van der Waals surface area contributed by atoms with Crippen LogP contribution in [-0.2, 0) is 11.3 Å². The first kappa shape index (κ1) is 15.4. The summed E-state index contributed by atoms with van der Waals surface area (Å²) < 4.78 is 7.32. The summed E-state index contributed by atoms with van der Waals surface area (Å²) in [5, 5.41) is 3.54. The number of methoxy groups -OCH3 is 1. The molecule has 0 bridgehead atoms. The molecule has 0 saturated heterocycles. The van der Waals surface area contributed by atoms with E-state index in [0.717, 1.165) is 43.2 Å². The summed E-state index contributed by atoms with van der Waals surface area (Å²) in [6.45, 7) is 7.01. The Morgan fingerprint density at radius 1 is 1.30 bits per heavy atom. The van der Waals surface area contributed by atoms with E-state index in [0.29, 0.717) is 0 Å². The van der Waals surface area contributed by atoms with Crippen LogP contribution in [0.4, 0.5) is 5.95 Å². The van der Waals surface area contributed by atoms with Crippen molar-refractivity contribution in [1.82, 2.24) is 9.55 Å². The predicted molar refractivity (Wildman–Crippen MR) is 83.1 cm³/mol. The molecule has 20 heavy (non-hydrogen) atoms. The van der Waals surface area contributed by atoms with Gasteiger partial charge in [0.05, 0.1) is 12.3 Å². The van der Waals surface area contributed by atoms with Gasteiger partial charge in [-0.15, -0.1) is 0 Å². The Hall–Kier alpha value is -1.03. The second-order valence-electron chi connectivity index (χ2n) is 6.07. The third-order valence-corrected chi connectivity index (χ3v) is 4.53. The van der Waals surface area contributed by atoms with Gasteiger partial charge in [-0.05, 0) is 31.6 Å². The van der Waals surface area contributed by atoms with Crippen molar-refractivity contribution in [1.29, 1.82) is 0 Å². The molecule has 4 nitrogen and oxygen atoms in total. The summed E-state index contributed by atoms with van der Waals surface area (Å²) in [5.41, 5.74) is 1.07. The summed E-state index contributed by atoms with van der Waals surface area (Å²) >= 11 is 0. The Morgan fingerprint density at radius 3 is 2.65 bits per heavy atom. The van der Waals surface area contributed by atoms with E-state index in [9.17, 15) is 0 Å². The molecular formula is C16H29N3O. The topological polar surface area (TPSA) is 39.1 Å². The highest BCUT2D eigenvalue weighted by Gasteiger charge is 2.20. The van der Waals surface area contributed by atoms with Gasteiger partial charge in [-0.3, -0.25) is 0 Å². The number of rotatable bonds is 7. The number of hydrogen-bond donors (Lipinski definition) is 1. The average molecular weight is 279 g/mol. The molecule has 1 N–H and O–H groups in total. The number of anilines is 1. The minimum Gasteiger partial charge on any atom is -0.383 e. The van der Waals surface area contributed by atoms with Crippen LogP contribution in [0.3, 0.4) is 0 Å². The Balaban J connectivity index is 1.81. The van der Waals surface area contributed by atoms with E-state index in [-0.39, 0.29) is 0 Å². The van der Waals surface area contributed by atoms with Gasteiger partial charge in [0.2, 0.25) is 5.95 Å². The standard InChI is InChI=1S/C16H29N3O/c1-4-14-5-7-15(8-6-14)11-17-16-18-13(2)12-19(16)9-10-20-3/h12,14-15H,4-11H2,1-3H3,(H,17,18). The van der Waals surface area contributed by atoms with Crippen LogP contribution in [-0.4, -0.2) is 29.8 Å². The van der Waals surface area contributed by atoms with E-state index in [1.807, 2.05) is 6.92 Å². The Kier molecular flexibility index (Phi) is 5.89. The number of aryl methyl sites for hydroxylation is 1. The van der Waals surface area contributed by atoms with Crippen LogP contribution < -0.4 is 5.32 Å². The summed E-state index contributed by atoms with van der Waals surface area (Å²) in [6, 6.07) is 0. The minimum atomic E-state index is 0.728. The fraction of sp³-hybridized carbons (Fsp3) is 0.812. The van der Waals surface area contributed by atoms with Crippen molar-refractivity contribution in [3.05, 3.63) is 11.9 Å². The first-order valence-corrected chi connectivity index (χ1v) is 7.99. The van der Waals surface area contributed by atoms with Crippen LogP contribution in [0, 0.1) is 18.8 Å². The van der Waals surface area contributed by atoms with Gasteiger partial charge < -0.3 is 14.6 Å². The molecule has 0 aliphatic heterocycles. The lowest BCUT2D eigenvalue weighted by atomic mass is 9.81. The summed E-state index contributed by atoms with van der Waals surface area (Å²) in [6.07, 6.45) is 8.97. The van der Waals surface area contributed by atoms with Gasteiger partial charge in [-0.1, -0.05) is 26.2 Å². The van der Waals surface area contributed by atoms with E-state index in [2.05, 4.69) is 28.0 Å². The minimum absolute atomic E-state index is 0.728. The molecular weight excluding hydrogens is 250 g/mol. The number of hydrogen-bond acceptors (Lipinski definition) is 3. The van der Waals surface area contributed by atoms with Crippen molar-refractivity contribution >= 4 is 5.95 Å². The maximum absolute atomic E-state index is 5.15. The van der Waals surface area contributed by atoms with Crippen molar-refractivity contribution in [2.75, 3.05) is 25.6 Å². The predicted octanol–water partition coefficient (Wildman–Crippen LogP) is 3.47. The largest absolute Gasteiger partial charge is 0.383 e. The molecule has 2 rings (SSSR count). The molecule has 4 heteroatoms. The maximum atomic E-state index is 5.15. The molecule has 1 aliphatic rings. The van der Waals surface area contributed by atoms with Gasteiger partial charge in [0.25, 0.3) is 0 Å². The molecule has 0 atom stereocenters. The Labute approximate surface area is 122 Å². The molecule has 0 aromatic carbocycles. The number of aromatic nitrogens is 2. The molecule has 114 valence electrons.